The molecule has 0 aromatic carbocycles. The lowest BCUT2D eigenvalue weighted by Gasteiger charge is -2.37. The molecule has 0 aliphatic heterocycles. The fourth-order valence-corrected chi connectivity index (χ4v) is 3.91. The first-order valence-electron chi connectivity index (χ1n) is 7.93. The summed E-state index contributed by atoms with van der Waals surface area (Å²) in [6, 6.07) is -1.17. The summed E-state index contributed by atoms with van der Waals surface area (Å²) in [5, 5.41) is 14.1. The molecule has 2 saturated carbocycles. The topological polar surface area (TPSA) is 108 Å². The van der Waals surface area contributed by atoms with Crippen molar-refractivity contribution in [1.82, 2.24) is 5.32 Å². The van der Waals surface area contributed by atoms with E-state index >= 15 is 0 Å². The second-order valence-electron chi connectivity index (χ2n) is 7.22. The van der Waals surface area contributed by atoms with E-state index in [0.29, 0.717) is 19.3 Å². The highest BCUT2D eigenvalue weighted by atomic mass is 16.6. The molecule has 0 aromatic rings. The van der Waals surface area contributed by atoms with Gasteiger partial charge in [0, 0.05) is 16.8 Å². The van der Waals surface area contributed by atoms with Crippen LogP contribution >= 0.6 is 0 Å². The van der Waals surface area contributed by atoms with E-state index in [1.54, 1.807) is 27.7 Å². The summed E-state index contributed by atoms with van der Waals surface area (Å²) in [7, 11) is 0. The van der Waals surface area contributed by atoms with E-state index in [2.05, 4.69) is 5.32 Å². The van der Waals surface area contributed by atoms with E-state index in [0.717, 1.165) is 0 Å². The highest BCUT2D eigenvalue weighted by Gasteiger charge is 2.70. The number of esters is 1. The van der Waals surface area contributed by atoms with Gasteiger partial charge >= 0.3 is 12.1 Å². The van der Waals surface area contributed by atoms with Crippen molar-refractivity contribution in [1.29, 1.82) is 0 Å². The normalized spacial score (nSPS) is 32.4. The Hall–Kier alpha value is -1.86. The molecule has 2 fully saturated rings. The van der Waals surface area contributed by atoms with Crippen LogP contribution in [0.1, 0.15) is 47.0 Å². The number of alkyl carbamates (subject to hydrolysis) is 1. The zero-order valence-electron chi connectivity index (χ0n) is 14.0. The van der Waals surface area contributed by atoms with Gasteiger partial charge in [0.25, 0.3) is 0 Å². The van der Waals surface area contributed by atoms with Crippen LogP contribution < -0.4 is 5.32 Å². The molecule has 0 unspecified atom stereocenters. The van der Waals surface area contributed by atoms with Gasteiger partial charge in [-0.05, 0) is 47.0 Å². The lowest BCUT2D eigenvalue weighted by Crippen LogP contribution is -2.67. The molecule has 0 heterocycles. The van der Waals surface area contributed by atoms with Crippen LogP contribution in [0.2, 0.25) is 0 Å². The zero-order valence-corrected chi connectivity index (χ0v) is 14.0. The van der Waals surface area contributed by atoms with E-state index in [1.165, 1.54) is 0 Å². The summed E-state index contributed by atoms with van der Waals surface area (Å²) in [6.45, 7) is 6.80. The summed E-state index contributed by atoms with van der Waals surface area (Å²) in [6.07, 6.45) is 1.06. The highest BCUT2D eigenvalue weighted by molar-refractivity contribution is 5.88. The Bertz CT molecular complexity index is 515. The Morgan fingerprint density at radius 3 is 2.52 bits per heavy atom. The molecule has 2 aliphatic carbocycles. The minimum Gasteiger partial charge on any atom is -0.464 e. The second kappa shape index (κ2) is 5.98. The molecule has 8 heteroatoms. The molecular formula is C15H24N2O6. The van der Waals surface area contributed by atoms with Crippen molar-refractivity contribution in [2.24, 2.45) is 11.8 Å². The Morgan fingerprint density at radius 1 is 1.35 bits per heavy atom. The van der Waals surface area contributed by atoms with Gasteiger partial charge < -0.3 is 9.47 Å². The quantitative estimate of drug-likeness (QED) is 0.479. The molecule has 0 aromatic heterocycles. The predicted octanol–water partition coefficient (Wildman–Crippen LogP) is 1.89. The summed E-state index contributed by atoms with van der Waals surface area (Å²) < 4.78 is 10.3. The van der Waals surface area contributed by atoms with Crippen molar-refractivity contribution in [3.05, 3.63) is 10.1 Å². The van der Waals surface area contributed by atoms with Crippen LogP contribution in [0.25, 0.3) is 0 Å². The average Bonchev–Trinajstić information content (AvgIpc) is 2.95. The van der Waals surface area contributed by atoms with Gasteiger partial charge in [-0.2, -0.15) is 0 Å². The molecule has 2 aliphatic rings. The van der Waals surface area contributed by atoms with Crippen LogP contribution in [-0.2, 0) is 14.3 Å². The SMILES string of the molecule is CCOC(=O)[C@]1(NC(=O)OC(C)(C)C)[C@H]2CC[C@H](C2)[C@@H]1[N+](=O)[O-]. The van der Waals surface area contributed by atoms with Crippen LogP contribution in [0.5, 0.6) is 0 Å². The molecule has 130 valence electrons. The molecule has 23 heavy (non-hydrogen) atoms. The average molecular weight is 328 g/mol. The van der Waals surface area contributed by atoms with E-state index in [1.807, 2.05) is 0 Å². The molecule has 2 rings (SSSR count). The fourth-order valence-electron chi connectivity index (χ4n) is 3.91. The number of ether oxygens (including phenoxy) is 2. The van der Waals surface area contributed by atoms with Gasteiger partial charge in [0.1, 0.15) is 5.60 Å². The third-order valence-electron chi connectivity index (χ3n) is 4.58. The van der Waals surface area contributed by atoms with Gasteiger partial charge in [-0.25, -0.2) is 9.59 Å². The Labute approximate surface area is 135 Å². The number of nitrogens with one attached hydrogen (secondary N) is 1. The highest BCUT2D eigenvalue weighted by Crippen LogP contribution is 2.52. The first-order chi connectivity index (χ1) is 10.6. The van der Waals surface area contributed by atoms with Gasteiger partial charge in [0.15, 0.2) is 0 Å². The summed E-state index contributed by atoms with van der Waals surface area (Å²) >= 11 is 0. The van der Waals surface area contributed by atoms with Crippen LogP contribution in [-0.4, -0.2) is 40.8 Å². The summed E-state index contributed by atoms with van der Waals surface area (Å²) in [5.41, 5.74) is -2.40. The standard InChI is InChI=1S/C15H24N2O6/c1-5-22-12(18)15(16-13(19)23-14(2,3)4)10-7-6-9(8-10)11(15)17(20)21/h9-11H,5-8H2,1-4H3,(H,16,19)/t9-,10+,11+,15+/m1/s1. The molecule has 0 spiro atoms. The van der Waals surface area contributed by atoms with Gasteiger partial charge in [0.2, 0.25) is 11.6 Å². The van der Waals surface area contributed by atoms with Crippen molar-refractivity contribution in [3.8, 4) is 0 Å². The van der Waals surface area contributed by atoms with Crippen molar-refractivity contribution in [3.63, 3.8) is 0 Å². The van der Waals surface area contributed by atoms with Gasteiger partial charge in [-0.15, -0.1) is 0 Å². The number of carbonyl (C=O) groups excluding carboxylic acids is 2. The predicted molar refractivity (Wildman–Crippen MR) is 80.3 cm³/mol. The number of nitrogens with zero attached hydrogens (tertiary/aromatic N) is 1. The Balaban J connectivity index is 2.35. The van der Waals surface area contributed by atoms with Crippen LogP contribution in [0, 0.1) is 22.0 Å². The molecule has 1 amide bonds. The molecule has 0 saturated heterocycles. The zero-order chi connectivity index (χ0) is 17.4. The van der Waals surface area contributed by atoms with Gasteiger partial charge in [-0.3, -0.25) is 15.4 Å². The minimum absolute atomic E-state index is 0.0956. The molecular weight excluding hydrogens is 304 g/mol. The number of nitro groups is 1. The number of rotatable bonds is 4. The number of carbonyl (C=O) groups is 2. The monoisotopic (exact) mass is 328 g/mol. The van der Waals surface area contributed by atoms with Gasteiger partial charge in [0.05, 0.1) is 6.61 Å². The van der Waals surface area contributed by atoms with E-state index < -0.39 is 34.2 Å². The number of hydrogen-bond acceptors (Lipinski definition) is 6. The maximum absolute atomic E-state index is 12.6. The fraction of sp³-hybridized carbons (Fsp3) is 0.867. The smallest absolute Gasteiger partial charge is 0.408 e. The van der Waals surface area contributed by atoms with Crippen LogP contribution in [0.15, 0.2) is 0 Å². The Morgan fingerprint density at radius 2 is 2.00 bits per heavy atom. The first kappa shape index (κ1) is 17.5. The van der Waals surface area contributed by atoms with Crippen LogP contribution in [0.4, 0.5) is 4.79 Å². The van der Waals surface area contributed by atoms with Crippen molar-refractivity contribution >= 4 is 12.1 Å². The molecule has 8 nitrogen and oxygen atoms in total. The number of amides is 1. The maximum atomic E-state index is 12.6. The van der Waals surface area contributed by atoms with E-state index in [9.17, 15) is 19.7 Å². The lowest BCUT2D eigenvalue weighted by molar-refractivity contribution is -0.539. The van der Waals surface area contributed by atoms with Crippen LogP contribution in [0.3, 0.4) is 0 Å². The molecule has 2 bridgehead atoms. The third-order valence-corrected chi connectivity index (χ3v) is 4.58. The summed E-state index contributed by atoms with van der Waals surface area (Å²) in [4.78, 5) is 35.9. The molecule has 0 radical (unpaired) electrons. The Kier molecular flexibility index (Phi) is 4.54. The molecule has 1 N–H and O–H groups in total. The largest absolute Gasteiger partial charge is 0.464 e. The van der Waals surface area contributed by atoms with E-state index in [4.69, 9.17) is 9.47 Å². The number of fused-ring (bicyclic) bond motifs is 2. The van der Waals surface area contributed by atoms with E-state index in [-0.39, 0.29) is 18.4 Å². The first-order valence-corrected chi connectivity index (χ1v) is 7.93. The second-order valence-corrected chi connectivity index (χ2v) is 7.22. The molecule has 4 atom stereocenters. The number of hydrogen-bond donors (Lipinski definition) is 1. The van der Waals surface area contributed by atoms with Gasteiger partial charge in [-0.1, -0.05) is 0 Å². The van der Waals surface area contributed by atoms with Crippen molar-refractivity contribution in [2.45, 2.75) is 64.1 Å². The lowest BCUT2D eigenvalue weighted by atomic mass is 9.77. The third kappa shape index (κ3) is 3.11. The van der Waals surface area contributed by atoms with Crippen molar-refractivity contribution < 1.29 is 24.0 Å². The maximum Gasteiger partial charge on any atom is 0.408 e. The van der Waals surface area contributed by atoms with Crippen molar-refractivity contribution in [2.75, 3.05) is 6.61 Å². The minimum atomic E-state index is -1.63. The summed E-state index contributed by atoms with van der Waals surface area (Å²) in [5.74, 6) is -1.26.